The molecule has 110 valence electrons. The molecule has 1 aromatic rings. The fourth-order valence-corrected chi connectivity index (χ4v) is 1.74. The number of unbranched alkanes of at least 4 members (excludes halogenated alkanes) is 1. The van der Waals surface area contributed by atoms with Crippen molar-refractivity contribution in [3.05, 3.63) is 29.8 Å². The zero-order valence-electron chi connectivity index (χ0n) is 11.9. The highest BCUT2D eigenvalue weighted by atomic mass is 16.2. The van der Waals surface area contributed by atoms with Gasteiger partial charge in [0.25, 0.3) is 5.91 Å². The van der Waals surface area contributed by atoms with Gasteiger partial charge in [-0.05, 0) is 43.5 Å². The first kappa shape index (κ1) is 16.0. The van der Waals surface area contributed by atoms with E-state index in [1.165, 1.54) is 0 Å². The van der Waals surface area contributed by atoms with E-state index in [0.717, 1.165) is 25.1 Å². The van der Waals surface area contributed by atoms with E-state index in [9.17, 15) is 9.59 Å². The zero-order chi connectivity index (χ0) is 14.8. The summed E-state index contributed by atoms with van der Waals surface area (Å²) < 4.78 is 0. The Kier molecular flexibility index (Phi) is 7.17. The van der Waals surface area contributed by atoms with Gasteiger partial charge in [-0.15, -0.1) is 0 Å². The Balaban J connectivity index is 2.30. The molecule has 0 aliphatic heterocycles. The molecule has 0 radical (unpaired) electrons. The summed E-state index contributed by atoms with van der Waals surface area (Å²) in [5.41, 5.74) is 6.70. The second-order valence-corrected chi connectivity index (χ2v) is 4.68. The van der Waals surface area contributed by atoms with Crippen molar-refractivity contribution in [2.75, 3.05) is 18.4 Å². The van der Waals surface area contributed by atoms with Crippen molar-refractivity contribution >= 4 is 17.5 Å². The van der Waals surface area contributed by atoms with Crippen molar-refractivity contribution in [2.24, 2.45) is 5.73 Å². The molecule has 1 aromatic carbocycles. The van der Waals surface area contributed by atoms with Gasteiger partial charge in [0, 0.05) is 30.8 Å². The summed E-state index contributed by atoms with van der Waals surface area (Å²) in [5.74, 6) is -0.391. The molecule has 0 bridgehead atoms. The molecular weight excluding hydrogens is 254 g/mol. The van der Waals surface area contributed by atoms with Gasteiger partial charge in [-0.25, -0.2) is 0 Å². The van der Waals surface area contributed by atoms with E-state index in [-0.39, 0.29) is 11.8 Å². The summed E-state index contributed by atoms with van der Waals surface area (Å²) in [4.78, 5) is 22.4. The molecule has 5 heteroatoms. The molecule has 0 atom stereocenters. The fourth-order valence-electron chi connectivity index (χ4n) is 1.74. The molecule has 0 heterocycles. The Morgan fingerprint density at radius 3 is 2.40 bits per heavy atom. The average Bonchev–Trinajstić information content (AvgIpc) is 2.44. The number of carbonyl (C=O) groups excluding carboxylic acids is 2. The zero-order valence-corrected chi connectivity index (χ0v) is 11.9. The summed E-state index contributed by atoms with van der Waals surface area (Å²) in [6.45, 7) is 3.58. The number of primary amides is 1. The maximum Gasteiger partial charge on any atom is 0.251 e. The van der Waals surface area contributed by atoms with Gasteiger partial charge in [0.1, 0.15) is 0 Å². The molecule has 20 heavy (non-hydrogen) atoms. The summed E-state index contributed by atoms with van der Waals surface area (Å²) >= 11 is 0. The first-order valence-electron chi connectivity index (χ1n) is 7.04. The molecular formula is C15H23N3O2. The molecule has 2 amide bonds. The highest BCUT2D eigenvalue weighted by molar-refractivity contribution is 5.94. The van der Waals surface area contributed by atoms with Crippen LogP contribution in [-0.2, 0) is 4.79 Å². The fraction of sp³-hybridized carbons (Fsp3) is 0.467. The van der Waals surface area contributed by atoms with Crippen LogP contribution in [0.25, 0.3) is 0 Å². The highest BCUT2D eigenvalue weighted by Crippen LogP contribution is 2.09. The lowest BCUT2D eigenvalue weighted by atomic mass is 10.2. The second kappa shape index (κ2) is 8.96. The van der Waals surface area contributed by atoms with E-state index < -0.39 is 0 Å². The van der Waals surface area contributed by atoms with E-state index in [4.69, 9.17) is 5.73 Å². The Hall–Kier alpha value is -2.04. The maximum atomic E-state index is 11.8. The molecule has 0 saturated carbocycles. The van der Waals surface area contributed by atoms with E-state index in [2.05, 4.69) is 17.6 Å². The Labute approximate surface area is 119 Å². The maximum absolute atomic E-state index is 11.8. The number of nitrogens with one attached hydrogen (secondary N) is 2. The molecule has 0 unspecified atom stereocenters. The predicted molar refractivity (Wildman–Crippen MR) is 80.6 cm³/mol. The molecule has 0 aromatic heterocycles. The monoisotopic (exact) mass is 277 g/mol. The van der Waals surface area contributed by atoms with Gasteiger partial charge in [0.15, 0.2) is 0 Å². The summed E-state index contributed by atoms with van der Waals surface area (Å²) in [5, 5.41) is 6.08. The van der Waals surface area contributed by atoms with Crippen LogP contribution in [0, 0.1) is 0 Å². The van der Waals surface area contributed by atoms with Gasteiger partial charge in [-0.2, -0.15) is 0 Å². The lowest BCUT2D eigenvalue weighted by Crippen LogP contribution is -2.24. The van der Waals surface area contributed by atoms with Crippen LogP contribution in [0.1, 0.15) is 43.0 Å². The number of nitrogens with two attached hydrogens (primary N) is 1. The summed E-state index contributed by atoms with van der Waals surface area (Å²) in [7, 11) is 0. The first-order chi connectivity index (χ1) is 9.63. The quantitative estimate of drug-likeness (QED) is 0.603. The largest absolute Gasteiger partial charge is 0.385 e. The van der Waals surface area contributed by atoms with Crippen molar-refractivity contribution < 1.29 is 9.59 Å². The number of hydrogen-bond donors (Lipinski definition) is 3. The molecule has 0 spiro atoms. The third kappa shape index (κ3) is 6.22. The van der Waals surface area contributed by atoms with Crippen LogP contribution in [-0.4, -0.2) is 24.9 Å². The van der Waals surface area contributed by atoms with Crippen LogP contribution in [0.5, 0.6) is 0 Å². The molecule has 0 aliphatic rings. The smallest absolute Gasteiger partial charge is 0.251 e. The minimum Gasteiger partial charge on any atom is -0.385 e. The van der Waals surface area contributed by atoms with Gasteiger partial charge in [-0.3, -0.25) is 9.59 Å². The van der Waals surface area contributed by atoms with Crippen LogP contribution in [0.4, 0.5) is 5.69 Å². The Morgan fingerprint density at radius 2 is 1.80 bits per heavy atom. The minimum absolute atomic E-state index is 0.0916. The Morgan fingerprint density at radius 1 is 1.10 bits per heavy atom. The lowest BCUT2D eigenvalue weighted by molar-refractivity contribution is -0.118. The standard InChI is InChI=1S/C15H23N3O2/c1-2-10-17-13-8-6-12(7-9-13)15(20)18-11-4-3-5-14(16)19/h6-9,17H,2-5,10-11H2,1H3,(H2,16,19)(H,18,20). The van der Waals surface area contributed by atoms with E-state index in [1.807, 2.05) is 12.1 Å². The van der Waals surface area contributed by atoms with Crippen molar-refractivity contribution in [1.82, 2.24) is 5.32 Å². The summed E-state index contributed by atoms with van der Waals surface area (Å²) in [6, 6.07) is 7.41. The lowest BCUT2D eigenvalue weighted by Gasteiger charge is -2.07. The number of rotatable bonds is 9. The average molecular weight is 277 g/mol. The number of hydrogen-bond acceptors (Lipinski definition) is 3. The number of amides is 2. The third-order valence-electron chi connectivity index (χ3n) is 2.86. The van der Waals surface area contributed by atoms with Gasteiger partial charge < -0.3 is 16.4 Å². The minimum atomic E-state index is -0.300. The predicted octanol–water partition coefficient (Wildman–Crippen LogP) is 1.89. The molecule has 5 nitrogen and oxygen atoms in total. The molecule has 0 fully saturated rings. The van der Waals surface area contributed by atoms with Crippen molar-refractivity contribution in [3.8, 4) is 0 Å². The number of carbonyl (C=O) groups is 2. The van der Waals surface area contributed by atoms with Gasteiger partial charge in [0.05, 0.1) is 0 Å². The van der Waals surface area contributed by atoms with Crippen molar-refractivity contribution in [3.63, 3.8) is 0 Å². The van der Waals surface area contributed by atoms with Crippen LogP contribution < -0.4 is 16.4 Å². The van der Waals surface area contributed by atoms with E-state index >= 15 is 0 Å². The van der Waals surface area contributed by atoms with Crippen LogP contribution >= 0.6 is 0 Å². The highest BCUT2D eigenvalue weighted by Gasteiger charge is 2.04. The summed E-state index contributed by atoms with van der Waals surface area (Å²) in [6.07, 6.45) is 2.89. The van der Waals surface area contributed by atoms with Crippen LogP contribution in [0.2, 0.25) is 0 Å². The Bertz CT molecular complexity index is 429. The van der Waals surface area contributed by atoms with Crippen molar-refractivity contribution in [2.45, 2.75) is 32.6 Å². The molecule has 1 rings (SSSR count). The van der Waals surface area contributed by atoms with Gasteiger partial charge in [-0.1, -0.05) is 6.92 Å². The van der Waals surface area contributed by atoms with E-state index in [1.54, 1.807) is 12.1 Å². The van der Waals surface area contributed by atoms with Crippen LogP contribution in [0.15, 0.2) is 24.3 Å². The van der Waals surface area contributed by atoms with Gasteiger partial charge >= 0.3 is 0 Å². The normalized spacial score (nSPS) is 10.1. The first-order valence-corrected chi connectivity index (χ1v) is 7.04. The molecule has 0 aliphatic carbocycles. The topological polar surface area (TPSA) is 84.2 Å². The van der Waals surface area contributed by atoms with E-state index in [0.29, 0.717) is 24.9 Å². The SMILES string of the molecule is CCCNc1ccc(C(=O)NCCCCC(N)=O)cc1. The van der Waals surface area contributed by atoms with Gasteiger partial charge in [0.2, 0.25) is 5.91 Å². The molecule has 4 N–H and O–H groups in total. The number of benzene rings is 1. The van der Waals surface area contributed by atoms with Crippen LogP contribution in [0.3, 0.4) is 0 Å². The molecule has 0 saturated heterocycles. The second-order valence-electron chi connectivity index (χ2n) is 4.68. The third-order valence-corrected chi connectivity index (χ3v) is 2.86. The number of anilines is 1. The van der Waals surface area contributed by atoms with Crippen molar-refractivity contribution in [1.29, 1.82) is 0 Å².